The molecule has 3 aliphatic rings. The lowest BCUT2D eigenvalue weighted by atomic mass is 9.85. The van der Waals surface area contributed by atoms with Crippen LogP contribution in [0.5, 0.6) is 11.5 Å². The Morgan fingerprint density at radius 2 is 1.79 bits per heavy atom. The van der Waals surface area contributed by atoms with Crippen LogP contribution in [-0.2, 0) is 35.4 Å². The molecule has 5 N–H and O–H groups in total. The SMILES string of the molecule is CCC[C@H](NC(=O)[C@@H]1C[C@]2(C=C(c3ccc4c(c3)OCO4)NO2)CN1C(=O)[C@@H](NC(=O)OCc1ccccc1)C(C)(C)C)C(=O)C(N)=O. The van der Waals surface area contributed by atoms with Gasteiger partial charge in [0.15, 0.2) is 11.5 Å². The minimum Gasteiger partial charge on any atom is -0.454 e. The number of nitrogens with one attached hydrogen (secondary N) is 3. The monoisotopic (exact) mass is 663 g/mol. The molecule has 0 aliphatic carbocycles. The molecule has 2 aromatic carbocycles. The maximum atomic E-state index is 14.4. The van der Waals surface area contributed by atoms with Crippen molar-refractivity contribution in [2.75, 3.05) is 13.3 Å². The van der Waals surface area contributed by atoms with Crippen LogP contribution < -0.4 is 31.3 Å². The highest BCUT2D eigenvalue weighted by Crippen LogP contribution is 2.41. The molecule has 1 saturated heterocycles. The van der Waals surface area contributed by atoms with Crippen molar-refractivity contribution < 1.29 is 43.0 Å². The second kappa shape index (κ2) is 13.9. The molecule has 1 fully saturated rings. The maximum Gasteiger partial charge on any atom is 0.408 e. The number of fused-ring (bicyclic) bond motifs is 1. The number of alkyl carbamates (subject to hydrolysis) is 1. The molecule has 5 rings (SSSR count). The zero-order chi connectivity index (χ0) is 34.6. The molecule has 3 aliphatic heterocycles. The Morgan fingerprint density at radius 1 is 1.06 bits per heavy atom. The van der Waals surface area contributed by atoms with Gasteiger partial charge in [-0.15, -0.1) is 0 Å². The second-order valence-electron chi connectivity index (χ2n) is 13.2. The van der Waals surface area contributed by atoms with E-state index in [1.54, 1.807) is 45.9 Å². The molecular weight excluding hydrogens is 622 g/mol. The predicted octanol–water partition coefficient (Wildman–Crippen LogP) is 2.31. The van der Waals surface area contributed by atoms with Crippen molar-refractivity contribution in [1.82, 2.24) is 21.0 Å². The van der Waals surface area contributed by atoms with Crippen LogP contribution in [-0.4, -0.2) is 71.6 Å². The molecule has 256 valence electrons. The van der Waals surface area contributed by atoms with Crippen molar-refractivity contribution in [3.05, 3.63) is 65.7 Å². The number of nitrogens with two attached hydrogens (primary N) is 1. The van der Waals surface area contributed by atoms with E-state index in [9.17, 15) is 24.0 Å². The fourth-order valence-electron chi connectivity index (χ4n) is 5.92. The molecule has 0 saturated carbocycles. The summed E-state index contributed by atoms with van der Waals surface area (Å²) < 4.78 is 16.3. The molecule has 0 bridgehead atoms. The Morgan fingerprint density at radius 3 is 2.48 bits per heavy atom. The van der Waals surface area contributed by atoms with Crippen molar-refractivity contribution in [1.29, 1.82) is 0 Å². The third-order valence-electron chi connectivity index (χ3n) is 8.44. The fraction of sp³-hybridized carbons (Fsp3) is 0.441. The lowest BCUT2D eigenvalue weighted by molar-refractivity contribution is -0.143. The van der Waals surface area contributed by atoms with E-state index in [0.717, 1.165) is 11.1 Å². The topological polar surface area (TPSA) is 188 Å². The normalized spacial score (nSPS) is 20.8. The molecule has 0 radical (unpaired) electrons. The van der Waals surface area contributed by atoms with E-state index >= 15 is 0 Å². The number of amides is 4. The molecule has 3 heterocycles. The van der Waals surface area contributed by atoms with Gasteiger partial charge < -0.3 is 35.5 Å². The van der Waals surface area contributed by atoms with E-state index in [1.807, 2.05) is 36.4 Å². The summed E-state index contributed by atoms with van der Waals surface area (Å²) in [5.41, 5.74) is 8.30. The highest BCUT2D eigenvalue weighted by atomic mass is 16.7. The number of nitrogens with zero attached hydrogens (tertiary/aromatic N) is 1. The first kappa shape index (κ1) is 34.2. The van der Waals surface area contributed by atoms with E-state index in [2.05, 4.69) is 16.1 Å². The molecule has 4 atom stereocenters. The minimum absolute atomic E-state index is 0.00451. The number of hydrogen-bond donors (Lipinski definition) is 4. The Hall–Kier alpha value is -5.11. The van der Waals surface area contributed by atoms with Crippen LogP contribution in [0.2, 0.25) is 0 Å². The number of carbonyl (C=O) groups is 5. The zero-order valence-electron chi connectivity index (χ0n) is 27.4. The number of ketones is 1. The van der Waals surface area contributed by atoms with Gasteiger partial charge in [0.2, 0.25) is 24.4 Å². The summed E-state index contributed by atoms with van der Waals surface area (Å²) >= 11 is 0. The van der Waals surface area contributed by atoms with Gasteiger partial charge in [0.05, 0.1) is 18.3 Å². The van der Waals surface area contributed by atoms with Gasteiger partial charge in [0, 0.05) is 12.0 Å². The van der Waals surface area contributed by atoms with Gasteiger partial charge in [0.1, 0.15) is 24.3 Å². The third-order valence-corrected chi connectivity index (χ3v) is 8.44. The lowest BCUT2D eigenvalue weighted by Crippen LogP contribution is -2.59. The van der Waals surface area contributed by atoms with Gasteiger partial charge in [-0.25, -0.2) is 4.79 Å². The Balaban J connectivity index is 1.42. The number of ether oxygens (including phenoxy) is 3. The van der Waals surface area contributed by atoms with Gasteiger partial charge in [-0.05, 0) is 41.7 Å². The summed E-state index contributed by atoms with van der Waals surface area (Å²) in [6.45, 7) is 7.17. The molecule has 1 spiro atoms. The van der Waals surface area contributed by atoms with Crippen molar-refractivity contribution in [2.24, 2.45) is 11.1 Å². The average Bonchev–Trinajstić information content (AvgIpc) is 3.80. The van der Waals surface area contributed by atoms with Crippen LogP contribution >= 0.6 is 0 Å². The van der Waals surface area contributed by atoms with Gasteiger partial charge >= 0.3 is 6.09 Å². The van der Waals surface area contributed by atoms with Crippen LogP contribution in [0.25, 0.3) is 5.70 Å². The number of likely N-dealkylation sites (tertiary alicyclic amines) is 1. The highest BCUT2D eigenvalue weighted by Gasteiger charge is 2.54. The number of hydroxylamine groups is 1. The molecular formula is C34H41N5O9. The van der Waals surface area contributed by atoms with E-state index in [-0.39, 0.29) is 32.8 Å². The summed E-state index contributed by atoms with van der Waals surface area (Å²) in [6, 6.07) is 11.1. The number of carbonyl (C=O) groups excluding carboxylic acids is 5. The maximum absolute atomic E-state index is 14.4. The van der Waals surface area contributed by atoms with Gasteiger partial charge in [-0.3, -0.25) is 29.5 Å². The first-order chi connectivity index (χ1) is 22.8. The van der Waals surface area contributed by atoms with Crippen molar-refractivity contribution in [3.63, 3.8) is 0 Å². The Labute approximate surface area is 278 Å². The van der Waals surface area contributed by atoms with Crippen LogP contribution in [0.4, 0.5) is 4.79 Å². The molecule has 4 amide bonds. The van der Waals surface area contributed by atoms with Crippen LogP contribution in [0.1, 0.15) is 58.1 Å². The Bertz CT molecular complexity index is 1610. The number of Topliss-reactive ketones (excluding diaryl/α,β-unsaturated/α-hetero) is 1. The molecule has 2 aromatic rings. The van der Waals surface area contributed by atoms with Crippen LogP contribution in [0.15, 0.2) is 54.6 Å². The molecule has 48 heavy (non-hydrogen) atoms. The predicted molar refractivity (Wildman–Crippen MR) is 172 cm³/mol. The number of benzene rings is 2. The second-order valence-corrected chi connectivity index (χ2v) is 13.2. The lowest BCUT2D eigenvalue weighted by Gasteiger charge is -2.35. The third kappa shape index (κ3) is 7.54. The van der Waals surface area contributed by atoms with Crippen molar-refractivity contribution >= 4 is 35.3 Å². The highest BCUT2D eigenvalue weighted by molar-refractivity contribution is 6.37. The number of hydrogen-bond acceptors (Lipinski definition) is 10. The smallest absolute Gasteiger partial charge is 0.408 e. The first-order valence-corrected chi connectivity index (χ1v) is 15.8. The summed E-state index contributed by atoms with van der Waals surface area (Å²) in [7, 11) is 0. The van der Waals surface area contributed by atoms with Gasteiger partial charge in [0.25, 0.3) is 5.91 Å². The standard InChI is InChI=1S/C34H41N5O9/c1-5-9-22(27(40)29(35)41)36-30(42)24-16-34(15-23(38-48-34)21-12-13-25-26(14-21)47-19-46-25)18-39(24)31(43)28(33(2,3)4)37-32(44)45-17-20-10-7-6-8-11-20/h6-8,10-15,22,24,28,38H,5,9,16-19H2,1-4H3,(H2,35,41)(H,36,42)(H,37,44)/t22-,24-,28+,34+/m0/s1. The molecule has 0 aromatic heterocycles. The minimum atomic E-state index is -1.17. The molecule has 14 nitrogen and oxygen atoms in total. The van der Waals surface area contributed by atoms with Crippen molar-refractivity contribution in [2.45, 2.75) is 77.3 Å². The summed E-state index contributed by atoms with van der Waals surface area (Å²) in [5, 5.41) is 5.34. The molecule has 0 unspecified atom stereocenters. The van der Waals surface area contributed by atoms with Crippen molar-refractivity contribution in [3.8, 4) is 11.5 Å². The largest absolute Gasteiger partial charge is 0.454 e. The van der Waals surface area contributed by atoms with Gasteiger partial charge in [-0.1, -0.05) is 64.4 Å². The Kier molecular flexibility index (Phi) is 9.94. The van der Waals surface area contributed by atoms with Crippen LogP contribution in [0, 0.1) is 5.41 Å². The van der Waals surface area contributed by atoms with E-state index in [0.29, 0.717) is 23.6 Å². The number of rotatable bonds is 11. The number of primary amides is 1. The fourth-order valence-corrected chi connectivity index (χ4v) is 5.92. The zero-order valence-corrected chi connectivity index (χ0v) is 27.4. The quantitative estimate of drug-likeness (QED) is 0.260. The van der Waals surface area contributed by atoms with E-state index in [1.165, 1.54) is 4.90 Å². The summed E-state index contributed by atoms with van der Waals surface area (Å²) in [5.74, 6) is -2.15. The molecule has 14 heteroatoms. The first-order valence-electron chi connectivity index (χ1n) is 15.8. The average molecular weight is 664 g/mol. The van der Waals surface area contributed by atoms with Crippen LogP contribution in [0.3, 0.4) is 0 Å². The van der Waals surface area contributed by atoms with E-state index < -0.39 is 58.7 Å². The summed E-state index contributed by atoms with van der Waals surface area (Å²) in [4.78, 5) is 73.0. The van der Waals surface area contributed by atoms with Gasteiger partial charge in [-0.2, -0.15) is 0 Å². The van der Waals surface area contributed by atoms with E-state index in [4.69, 9.17) is 24.8 Å². The summed E-state index contributed by atoms with van der Waals surface area (Å²) in [6.07, 6.45) is 1.65.